The van der Waals surface area contributed by atoms with Crippen LogP contribution in [0.25, 0.3) is 0 Å². The molecule has 0 amide bonds. The minimum atomic E-state index is -3.05. The molecule has 0 aromatic carbocycles. The lowest BCUT2D eigenvalue weighted by molar-refractivity contribution is 0.533. The lowest BCUT2D eigenvalue weighted by Gasteiger charge is -2.11. The Kier molecular flexibility index (Phi) is 5.72. The molecule has 1 rings (SSSR count). The van der Waals surface area contributed by atoms with E-state index in [2.05, 4.69) is 10.0 Å². The third-order valence-electron chi connectivity index (χ3n) is 2.94. The van der Waals surface area contributed by atoms with E-state index in [0.717, 1.165) is 19.4 Å². The molecule has 1 fully saturated rings. The Bertz CT molecular complexity index is 282. The molecule has 96 valence electrons. The zero-order valence-electron chi connectivity index (χ0n) is 10.3. The molecule has 1 saturated heterocycles. The molecular formula is C11H24N2O2S. The second kappa shape index (κ2) is 6.57. The summed E-state index contributed by atoms with van der Waals surface area (Å²) in [5.41, 5.74) is 0. The minimum Gasteiger partial charge on any atom is -0.314 e. The summed E-state index contributed by atoms with van der Waals surface area (Å²) in [5, 5.41) is 3.36. The third kappa shape index (κ3) is 5.82. The highest BCUT2D eigenvalue weighted by Crippen LogP contribution is 2.08. The molecule has 0 aromatic heterocycles. The van der Waals surface area contributed by atoms with E-state index < -0.39 is 10.0 Å². The van der Waals surface area contributed by atoms with Crippen molar-refractivity contribution in [1.29, 1.82) is 0 Å². The van der Waals surface area contributed by atoms with E-state index >= 15 is 0 Å². The maximum Gasteiger partial charge on any atom is 0.211 e. The van der Waals surface area contributed by atoms with Crippen molar-refractivity contribution < 1.29 is 8.42 Å². The van der Waals surface area contributed by atoms with Crippen molar-refractivity contribution in [2.75, 3.05) is 18.8 Å². The summed E-state index contributed by atoms with van der Waals surface area (Å²) >= 11 is 0. The Morgan fingerprint density at radius 3 is 2.75 bits per heavy atom. The quantitative estimate of drug-likeness (QED) is 0.709. The predicted molar refractivity (Wildman–Crippen MR) is 66.9 cm³/mol. The molecule has 1 heterocycles. The van der Waals surface area contributed by atoms with E-state index in [1.165, 1.54) is 12.8 Å². The van der Waals surface area contributed by atoms with Crippen molar-refractivity contribution in [3.63, 3.8) is 0 Å². The van der Waals surface area contributed by atoms with E-state index in [0.29, 0.717) is 18.5 Å². The van der Waals surface area contributed by atoms with E-state index in [1.54, 1.807) is 0 Å². The van der Waals surface area contributed by atoms with Crippen LogP contribution in [-0.4, -0.2) is 33.3 Å². The van der Waals surface area contributed by atoms with Crippen LogP contribution in [0.3, 0.4) is 0 Å². The highest BCUT2D eigenvalue weighted by Gasteiger charge is 2.15. The standard InChI is InChI=1S/C11H24N2O2S/c1-10(2)6-9-16(14,15)13-8-5-11-4-3-7-12-11/h10-13H,3-9H2,1-2H3. The lowest BCUT2D eigenvalue weighted by atomic mass is 10.2. The molecule has 5 heteroatoms. The fraction of sp³-hybridized carbons (Fsp3) is 1.00. The van der Waals surface area contributed by atoms with Crippen molar-refractivity contribution in [1.82, 2.24) is 10.0 Å². The number of sulfonamides is 1. The van der Waals surface area contributed by atoms with Gasteiger partial charge in [0.1, 0.15) is 0 Å². The average molecular weight is 248 g/mol. The molecule has 0 saturated carbocycles. The van der Waals surface area contributed by atoms with Crippen LogP contribution in [0, 0.1) is 5.92 Å². The molecular weight excluding hydrogens is 224 g/mol. The summed E-state index contributed by atoms with van der Waals surface area (Å²) in [6.45, 7) is 5.72. The first-order chi connectivity index (χ1) is 7.49. The molecule has 1 aliphatic rings. The highest BCUT2D eigenvalue weighted by molar-refractivity contribution is 7.89. The summed E-state index contributed by atoms with van der Waals surface area (Å²) < 4.78 is 25.8. The molecule has 4 nitrogen and oxygen atoms in total. The van der Waals surface area contributed by atoms with E-state index in [1.807, 2.05) is 13.8 Å². The predicted octanol–water partition coefficient (Wildman–Crippen LogP) is 1.09. The maximum absolute atomic E-state index is 11.6. The van der Waals surface area contributed by atoms with Gasteiger partial charge < -0.3 is 5.32 Å². The van der Waals surface area contributed by atoms with Gasteiger partial charge in [-0.25, -0.2) is 13.1 Å². The van der Waals surface area contributed by atoms with E-state index in [9.17, 15) is 8.42 Å². The van der Waals surface area contributed by atoms with Crippen molar-refractivity contribution in [2.45, 2.75) is 45.6 Å². The molecule has 1 unspecified atom stereocenters. The summed E-state index contributed by atoms with van der Waals surface area (Å²) in [5.74, 6) is 0.691. The van der Waals surface area contributed by atoms with Gasteiger partial charge in [-0.15, -0.1) is 0 Å². The SMILES string of the molecule is CC(C)CCS(=O)(=O)NCCC1CCCN1. The number of hydrogen-bond donors (Lipinski definition) is 2. The highest BCUT2D eigenvalue weighted by atomic mass is 32.2. The first kappa shape index (κ1) is 13.9. The van der Waals surface area contributed by atoms with Crippen LogP contribution in [0.15, 0.2) is 0 Å². The molecule has 16 heavy (non-hydrogen) atoms. The largest absolute Gasteiger partial charge is 0.314 e. The molecule has 0 aliphatic carbocycles. The first-order valence-corrected chi connectivity index (χ1v) is 7.85. The van der Waals surface area contributed by atoms with Gasteiger partial charge in [0.15, 0.2) is 0 Å². The Morgan fingerprint density at radius 1 is 1.44 bits per heavy atom. The zero-order chi connectivity index (χ0) is 12.0. The summed E-state index contributed by atoms with van der Waals surface area (Å²) in [4.78, 5) is 0. The molecule has 0 radical (unpaired) electrons. The molecule has 2 N–H and O–H groups in total. The number of rotatable bonds is 7. The van der Waals surface area contributed by atoms with Gasteiger partial charge in [0.2, 0.25) is 10.0 Å². The first-order valence-electron chi connectivity index (χ1n) is 6.20. The van der Waals surface area contributed by atoms with Crippen LogP contribution in [0.2, 0.25) is 0 Å². The van der Waals surface area contributed by atoms with Crippen LogP contribution >= 0.6 is 0 Å². The van der Waals surface area contributed by atoms with Gasteiger partial charge in [-0.1, -0.05) is 13.8 Å². The molecule has 0 aromatic rings. The zero-order valence-corrected chi connectivity index (χ0v) is 11.1. The maximum atomic E-state index is 11.6. The summed E-state index contributed by atoms with van der Waals surface area (Å²) in [6, 6.07) is 0.507. The van der Waals surface area contributed by atoms with E-state index in [4.69, 9.17) is 0 Å². The minimum absolute atomic E-state index is 0.253. The third-order valence-corrected chi connectivity index (χ3v) is 4.36. The lowest BCUT2D eigenvalue weighted by Crippen LogP contribution is -2.32. The Labute approximate surface area is 99.2 Å². The van der Waals surface area contributed by atoms with Crippen LogP contribution in [0.1, 0.15) is 39.5 Å². The van der Waals surface area contributed by atoms with E-state index in [-0.39, 0.29) is 5.75 Å². The van der Waals surface area contributed by atoms with Gasteiger partial charge in [0, 0.05) is 12.6 Å². The average Bonchev–Trinajstić information content (AvgIpc) is 2.68. The topological polar surface area (TPSA) is 58.2 Å². The fourth-order valence-electron chi connectivity index (χ4n) is 1.85. The van der Waals surface area contributed by atoms with Crippen molar-refractivity contribution in [3.05, 3.63) is 0 Å². The second-order valence-electron chi connectivity index (χ2n) is 4.98. The summed E-state index contributed by atoms with van der Waals surface area (Å²) in [6.07, 6.45) is 4.02. The number of hydrogen-bond acceptors (Lipinski definition) is 3. The van der Waals surface area contributed by atoms with Crippen LogP contribution < -0.4 is 10.0 Å². The smallest absolute Gasteiger partial charge is 0.211 e. The van der Waals surface area contributed by atoms with Crippen LogP contribution in [0.5, 0.6) is 0 Å². The van der Waals surface area contributed by atoms with Gasteiger partial charge >= 0.3 is 0 Å². The molecule has 1 atom stereocenters. The van der Waals surface area contributed by atoms with Gasteiger partial charge in [-0.2, -0.15) is 0 Å². The van der Waals surface area contributed by atoms with Crippen LogP contribution in [0.4, 0.5) is 0 Å². The second-order valence-corrected chi connectivity index (χ2v) is 6.90. The van der Waals surface area contributed by atoms with Crippen molar-refractivity contribution >= 4 is 10.0 Å². The fourth-order valence-corrected chi connectivity index (χ4v) is 3.21. The van der Waals surface area contributed by atoms with Gasteiger partial charge in [-0.05, 0) is 38.1 Å². The Balaban J connectivity index is 2.14. The monoisotopic (exact) mass is 248 g/mol. The normalized spacial score (nSPS) is 21.8. The molecule has 1 aliphatic heterocycles. The molecule has 0 bridgehead atoms. The van der Waals surface area contributed by atoms with Gasteiger partial charge in [0.05, 0.1) is 5.75 Å². The molecule has 0 spiro atoms. The Morgan fingerprint density at radius 2 is 2.19 bits per heavy atom. The Hall–Kier alpha value is -0.130. The van der Waals surface area contributed by atoms with Crippen LogP contribution in [-0.2, 0) is 10.0 Å². The van der Waals surface area contributed by atoms with Crippen molar-refractivity contribution in [2.24, 2.45) is 5.92 Å². The van der Waals surface area contributed by atoms with Gasteiger partial charge in [-0.3, -0.25) is 0 Å². The van der Waals surface area contributed by atoms with Gasteiger partial charge in [0.25, 0.3) is 0 Å². The summed E-state index contributed by atoms with van der Waals surface area (Å²) in [7, 11) is -3.05. The van der Waals surface area contributed by atoms with Crippen molar-refractivity contribution in [3.8, 4) is 0 Å². The number of nitrogens with one attached hydrogen (secondary N) is 2.